The van der Waals surface area contributed by atoms with Gasteiger partial charge in [-0.15, -0.1) is 0 Å². The summed E-state index contributed by atoms with van der Waals surface area (Å²) >= 11 is 0. The molecule has 2 rings (SSSR count). The lowest BCUT2D eigenvalue weighted by Crippen LogP contribution is -2.47. The summed E-state index contributed by atoms with van der Waals surface area (Å²) in [5.74, 6) is 8.38. The van der Waals surface area contributed by atoms with Crippen LogP contribution in [-0.4, -0.2) is 6.04 Å². The van der Waals surface area contributed by atoms with Crippen molar-refractivity contribution in [3.05, 3.63) is 0 Å². The molecule has 2 aliphatic rings. The van der Waals surface area contributed by atoms with Gasteiger partial charge in [0.25, 0.3) is 0 Å². The Labute approximate surface area is 94.0 Å². The van der Waals surface area contributed by atoms with Crippen LogP contribution in [0.4, 0.5) is 0 Å². The smallest absolute Gasteiger partial charge is 0.0269 e. The standard InChI is InChI=1S/C13H26N2/c1-10-6-5-9-12(10)13(15-14)11-7-3-2-4-8-11/h10-13,15H,2-9,14H2,1H3. The number of hydrazine groups is 1. The molecule has 0 aromatic carbocycles. The lowest BCUT2D eigenvalue weighted by Gasteiger charge is -2.35. The molecule has 0 heterocycles. The van der Waals surface area contributed by atoms with E-state index >= 15 is 0 Å². The molecule has 2 heteroatoms. The summed E-state index contributed by atoms with van der Waals surface area (Å²) in [5.41, 5.74) is 3.14. The van der Waals surface area contributed by atoms with E-state index in [1.165, 1.54) is 51.4 Å². The van der Waals surface area contributed by atoms with Crippen LogP contribution in [0.25, 0.3) is 0 Å². The van der Waals surface area contributed by atoms with Crippen LogP contribution >= 0.6 is 0 Å². The van der Waals surface area contributed by atoms with Crippen LogP contribution in [0.3, 0.4) is 0 Å². The fourth-order valence-corrected chi connectivity index (χ4v) is 3.81. The fourth-order valence-electron chi connectivity index (χ4n) is 3.81. The molecule has 88 valence electrons. The van der Waals surface area contributed by atoms with Gasteiger partial charge in [-0.05, 0) is 37.0 Å². The van der Waals surface area contributed by atoms with E-state index in [1.807, 2.05) is 0 Å². The highest BCUT2D eigenvalue weighted by Crippen LogP contribution is 2.39. The number of nitrogens with two attached hydrogens (primary N) is 1. The molecule has 0 bridgehead atoms. The summed E-state index contributed by atoms with van der Waals surface area (Å²) in [4.78, 5) is 0. The lowest BCUT2D eigenvalue weighted by molar-refractivity contribution is 0.183. The van der Waals surface area contributed by atoms with Crippen molar-refractivity contribution in [2.24, 2.45) is 23.6 Å². The van der Waals surface area contributed by atoms with Crippen molar-refractivity contribution in [2.75, 3.05) is 0 Å². The minimum Gasteiger partial charge on any atom is -0.271 e. The summed E-state index contributed by atoms with van der Waals surface area (Å²) < 4.78 is 0. The second-order valence-electron chi connectivity index (χ2n) is 5.66. The fraction of sp³-hybridized carbons (Fsp3) is 1.00. The first-order chi connectivity index (χ1) is 7.33. The highest BCUT2D eigenvalue weighted by Gasteiger charge is 2.35. The molecular weight excluding hydrogens is 184 g/mol. The van der Waals surface area contributed by atoms with E-state index < -0.39 is 0 Å². The van der Waals surface area contributed by atoms with Gasteiger partial charge < -0.3 is 0 Å². The third-order valence-electron chi connectivity index (χ3n) is 4.74. The van der Waals surface area contributed by atoms with Gasteiger partial charge in [0.1, 0.15) is 0 Å². The Hall–Kier alpha value is -0.0800. The van der Waals surface area contributed by atoms with Crippen LogP contribution in [0.1, 0.15) is 58.3 Å². The summed E-state index contributed by atoms with van der Waals surface area (Å²) in [5, 5.41) is 0. The van der Waals surface area contributed by atoms with E-state index in [2.05, 4.69) is 12.3 Å². The summed E-state index contributed by atoms with van der Waals surface area (Å²) in [6.45, 7) is 2.41. The zero-order chi connectivity index (χ0) is 10.7. The molecule has 15 heavy (non-hydrogen) atoms. The summed E-state index contributed by atoms with van der Waals surface area (Å²) in [7, 11) is 0. The van der Waals surface area contributed by atoms with Crippen LogP contribution < -0.4 is 11.3 Å². The highest BCUT2D eigenvalue weighted by atomic mass is 15.2. The largest absolute Gasteiger partial charge is 0.271 e. The Balaban J connectivity index is 1.95. The number of rotatable bonds is 3. The molecule has 0 aromatic rings. The molecule has 3 atom stereocenters. The predicted molar refractivity (Wildman–Crippen MR) is 64.2 cm³/mol. The van der Waals surface area contributed by atoms with Gasteiger partial charge in [-0.2, -0.15) is 0 Å². The Bertz CT molecular complexity index is 187. The van der Waals surface area contributed by atoms with E-state index in [0.717, 1.165) is 17.8 Å². The van der Waals surface area contributed by atoms with Gasteiger partial charge in [0.05, 0.1) is 0 Å². The molecule has 0 radical (unpaired) electrons. The molecule has 2 nitrogen and oxygen atoms in total. The molecule has 3 N–H and O–H groups in total. The van der Waals surface area contributed by atoms with E-state index in [-0.39, 0.29) is 0 Å². The zero-order valence-corrected chi connectivity index (χ0v) is 10.0. The minimum atomic E-state index is 0.600. The van der Waals surface area contributed by atoms with E-state index in [4.69, 9.17) is 5.84 Å². The molecule has 0 aromatic heterocycles. The lowest BCUT2D eigenvalue weighted by atomic mass is 9.76. The first-order valence-corrected chi connectivity index (χ1v) is 6.79. The van der Waals surface area contributed by atoms with Crippen molar-refractivity contribution in [3.63, 3.8) is 0 Å². The Morgan fingerprint density at radius 3 is 2.27 bits per heavy atom. The van der Waals surface area contributed by atoms with E-state index in [1.54, 1.807) is 0 Å². The van der Waals surface area contributed by atoms with Crippen LogP contribution in [0, 0.1) is 17.8 Å². The molecule has 0 aliphatic heterocycles. The Morgan fingerprint density at radius 1 is 1.00 bits per heavy atom. The third-order valence-corrected chi connectivity index (χ3v) is 4.74. The van der Waals surface area contributed by atoms with Crippen LogP contribution in [-0.2, 0) is 0 Å². The van der Waals surface area contributed by atoms with Gasteiger partial charge in [-0.1, -0.05) is 39.0 Å². The van der Waals surface area contributed by atoms with E-state index in [9.17, 15) is 0 Å². The summed E-state index contributed by atoms with van der Waals surface area (Å²) in [6.07, 6.45) is 11.3. The molecule has 0 amide bonds. The number of nitrogens with one attached hydrogen (secondary N) is 1. The molecule has 2 saturated carbocycles. The molecular formula is C13H26N2. The van der Waals surface area contributed by atoms with Gasteiger partial charge in [-0.25, -0.2) is 0 Å². The van der Waals surface area contributed by atoms with Gasteiger partial charge in [0.15, 0.2) is 0 Å². The minimum absolute atomic E-state index is 0.600. The van der Waals surface area contributed by atoms with Crippen LogP contribution in [0.15, 0.2) is 0 Å². The average Bonchev–Trinajstić information content (AvgIpc) is 2.68. The number of hydrogen-bond donors (Lipinski definition) is 2. The first-order valence-electron chi connectivity index (χ1n) is 6.79. The maximum absolute atomic E-state index is 5.80. The van der Waals surface area contributed by atoms with Crippen molar-refractivity contribution in [1.29, 1.82) is 0 Å². The van der Waals surface area contributed by atoms with Gasteiger partial charge in [-0.3, -0.25) is 11.3 Å². The molecule has 2 aliphatic carbocycles. The first kappa shape index (κ1) is 11.4. The number of hydrogen-bond acceptors (Lipinski definition) is 2. The molecule has 0 saturated heterocycles. The molecule has 3 unspecified atom stereocenters. The van der Waals surface area contributed by atoms with Gasteiger partial charge in [0, 0.05) is 6.04 Å². The van der Waals surface area contributed by atoms with E-state index in [0.29, 0.717) is 6.04 Å². The topological polar surface area (TPSA) is 38.0 Å². The normalized spacial score (nSPS) is 35.6. The molecule has 0 spiro atoms. The maximum atomic E-state index is 5.80. The quantitative estimate of drug-likeness (QED) is 0.555. The predicted octanol–water partition coefficient (Wildman–Crippen LogP) is 2.83. The highest BCUT2D eigenvalue weighted by molar-refractivity contribution is 4.89. The molecule has 2 fully saturated rings. The second-order valence-corrected chi connectivity index (χ2v) is 5.66. The van der Waals surface area contributed by atoms with Crippen molar-refractivity contribution in [2.45, 2.75) is 64.3 Å². The Morgan fingerprint density at radius 2 is 1.73 bits per heavy atom. The zero-order valence-electron chi connectivity index (χ0n) is 10.0. The van der Waals surface area contributed by atoms with Crippen LogP contribution in [0.5, 0.6) is 0 Å². The Kier molecular flexibility index (Phi) is 4.04. The monoisotopic (exact) mass is 210 g/mol. The maximum Gasteiger partial charge on any atom is 0.0269 e. The van der Waals surface area contributed by atoms with Crippen molar-refractivity contribution >= 4 is 0 Å². The van der Waals surface area contributed by atoms with Crippen molar-refractivity contribution < 1.29 is 0 Å². The van der Waals surface area contributed by atoms with Gasteiger partial charge >= 0.3 is 0 Å². The third kappa shape index (κ3) is 2.54. The summed E-state index contributed by atoms with van der Waals surface area (Å²) in [6, 6.07) is 0.600. The SMILES string of the molecule is CC1CCCC1C(NN)C1CCCCC1. The second kappa shape index (κ2) is 5.31. The van der Waals surface area contributed by atoms with Gasteiger partial charge in [0.2, 0.25) is 0 Å². The van der Waals surface area contributed by atoms with Crippen LogP contribution in [0.2, 0.25) is 0 Å². The average molecular weight is 210 g/mol. The van der Waals surface area contributed by atoms with Crippen molar-refractivity contribution in [1.82, 2.24) is 5.43 Å². The van der Waals surface area contributed by atoms with Crippen molar-refractivity contribution in [3.8, 4) is 0 Å².